The summed E-state index contributed by atoms with van der Waals surface area (Å²) in [6, 6.07) is 1.71. The second-order valence-corrected chi connectivity index (χ2v) is 3.47. The van der Waals surface area contributed by atoms with Crippen LogP contribution in [0.2, 0.25) is 0 Å². The van der Waals surface area contributed by atoms with Gasteiger partial charge in [-0.3, -0.25) is 9.59 Å². The third-order valence-corrected chi connectivity index (χ3v) is 2.21. The van der Waals surface area contributed by atoms with Crippen molar-refractivity contribution in [3.8, 4) is 0 Å². The van der Waals surface area contributed by atoms with Gasteiger partial charge >= 0.3 is 0 Å². The van der Waals surface area contributed by atoms with Crippen LogP contribution in [0.5, 0.6) is 0 Å². The van der Waals surface area contributed by atoms with Crippen molar-refractivity contribution in [3.05, 3.63) is 33.2 Å². The number of carbonyl (C=O) groups is 1. The standard InChI is InChI=1S/C11H15NO2/c1-4-5-9-6-10(8(3)13)7(2)12-11(9)14/h6H,4-5H2,1-3H3,(H,12,14). The third kappa shape index (κ3) is 2.10. The van der Waals surface area contributed by atoms with Crippen molar-refractivity contribution in [1.29, 1.82) is 0 Å². The van der Waals surface area contributed by atoms with Crippen LogP contribution in [0.25, 0.3) is 0 Å². The summed E-state index contributed by atoms with van der Waals surface area (Å²) in [6.07, 6.45) is 1.62. The molecule has 0 bridgehead atoms. The summed E-state index contributed by atoms with van der Waals surface area (Å²) in [5.74, 6) is -0.00361. The molecule has 0 amide bonds. The molecule has 0 saturated carbocycles. The predicted octanol–water partition coefficient (Wildman–Crippen LogP) is 1.84. The smallest absolute Gasteiger partial charge is 0.251 e. The van der Waals surface area contributed by atoms with Gasteiger partial charge in [0.15, 0.2) is 5.78 Å². The van der Waals surface area contributed by atoms with E-state index in [0.29, 0.717) is 16.8 Å². The SMILES string of the molecule is CCCc1cc(C(C)=O)c(C)[nH]c1=O. The topological polar surface area (TPSA) is 49.9 Å². The number of aromatic nitrogens is 1. The van der Waals surface area contributed by atoms with Crippen LogP contribution in [0.15, 0.2) is 10.9 Å². The number of Topliss-reactive ketones (excluding diaryl/α,β-unsaturated/α-hetero) is 1. The van der Waals surface area contributed by atoms with Crippen molar-refractivity contribution in [1.82, 2.24) is 4.98 Å². The second kappa shape index (κ2) is 4.22. The number of carbonyl (C=O) groups excluding carboxylic acids is 1. The van der Waals surface area contributed by atoms with Crippen LogP contribution >= 0.6 is 0 Å². The maximum absolute atomic E-state index is 11.4. The fraction of sp³-hybridized carbons (Fsp3) is 0.455. The van der Waals surface area contributed by atoms with E-state index in [1.807, 2.05) is 6.92 Å². The van der Waals surface area contributed by atoms with Gasteiger partial charge in [0.2, 0.25) is 0 Å². The molecule has 0 spiro atoms. The Balaban J connectivity index is 3.27. The Labute approximate surface area is 83.2 Å². The quantitative estimate of drug-likeness (QED) is 0.744. The second-order valence-electron chi connectivity index (χ2n) is 3.47. The Morgan fingerprint density at radius 1 is 1.50 bits per heavy atom. The van der Waals surface area contributed by atoms with E-state index >= 15 is 0 Å². The molecule has 0 aromatic carbocycles. The number of pyridine rings is 1. The van der Waals surface area contributed by atoms with Crippen molar-refractivity contribution < 1.29 is 4.79 Å². The average Bonchev–Trinajstić information content (AvgIpc) is 2.09. The van der Waals surface area contributed by atoms with Crippen molar-refractivity contribution in [2.45, 2.75) is 33.6 Å². The lowest BCUT2D eigenvalue weighted by atomic mass is 10.1. The number of aryl methyl sites for hydroxylation is 2. The van der Waals surface area contributed by atoms with Gasteiger partial charge in [-0.1, -0.05) is 13.3 Å². The molecule has 76 valence electrons. The molecule has 1 heterocycles. The van der Waals surface area contributed by atoms with E-state index < -0.39 is 0 Å². The van der Waals surface area contributed by atoms with E-state index in [9.17, 15) is 9.59 Å². The number of nitrogens with one attached hydrogen (secondary N) is 1. The van der Waals surface area contributed by atoms with Crippen LogP contribution in [0.4, 0.5) is 0 Å². The normalized spacial score (nSPS) is 10.2. The first-order chi connectivity index (χ1) is 6.56. The van der Waals surface area contributed by atoms with Crippen molar-refractivity contribution in [2.75, 3.05) is 0 Å². The molecule has 0 radical (unpaired) electrons. The molecular formula is C11H15NO2. The zero-order valence-electron chi connectivity index (χ0n) is 8.81. The van der Waals surface area contributed by atoms with Crippen LogP contribution < -0.4 is 5.56 Å². The minimum atomic E-state index is -0.0747. The molecule has 14 heavy (non-hydrogen) atoms. The molecule has 0 atom stereocenters. The first kappa shape index (κ1) is 10.7. The lowest BCUT2D eigenvalue weighted by Gasteiger charge is -2.04. The van der Waals surface area contributed by atoms with Gasteiger partial charge in [0.1, 0.15) is 0 Å². The molecule has 3 nitrogen and oxygen atoms in total. The first-order valence-electron chi connectivity index (χ1n) is 4.80. The fourth-order valence-electron chi connectivity index (χ4n) is 1.49. The largest absolute Gasteiger partial charge is 0.326 e. The predicted molar refractivity (Wildman–Crippen MR) is 55.8 cm³/mol. The summed E-state index contributed by atoms with van der Waals surface area (Å²) >= 11 is 0. The Kier molecular flexibility index (Phi) is 3.23. The van der Waals surface area contributed by atoms with Gasteiger partial charge in [0.05, 0.1) is 0 Å². The number of hydrogen-bond acceptors (Lipinski definition) is 2. The number of hydrogen-bond donors (Lipinski definition) is 1. The molecule has 1 aromatic heterocycles. The van der Waals surface area contributed by atoms with Crippen molar-refractivity contribution in [3.63, 3.8) is 0 Å². The molecule has 1 aromatic rings. The Bertz CT molecular complexity index is 404. The van der Waals surface area contributed by atoms with E-state index in [1.165, 1.54) is 6.92 Å². The van der Waals surface area contributed by atoms with Crippen LogP contribution in [0.3, 0.4) is 0 Å². The van der Waals surface area contributed by atoms with Gasteiger partial charge in [-0.25, -0.2) is 0 Å². The van der Waals surface area contributed by atoms with E-state index in [0.717, 1.165) is 12.8 Å². The van der Waals surface area contributed by atoms with Gasteiger partial charge < -0.3 is 4.98 Å². The maximum atomic E-state index is 11.4. The van der Waals surface area contributed by atoms with Crippen LogP contribution in [0.1, 0.15) is 41.9 Å². The van der Waals surface area contributed by atoms with Gasteiger partial charge in [-0.05, 0) is 26.3 Å². The van der Waals surface area contributed by atoms with Crippen LogP contribution in [-0.4, -0.2) is 10.8 Å². The Morgan fingerprint density at radius 2 is 2.14 bits per heavy atom. The van der Waals surface area contributed by atoms with E-state index in [2.05, 4.69) is 4.98 Å². The highest BCUT2D eigenvalue weighted by Gasteiger charge is 2.08. The molecule has 0 fully saturated rings. The maximum Gasteiger partial charge on any atom is 0.251 e. The molecular weight excluding hydrogens is 178 g/mol. The number of H-pyrrole nitrogens is 1. The van der Waals surface area contributed by atoms with Crippen LogP contribution in [0, 0.1) is 6.92 Å². The molecule has 1 N–H and O–H groups in total. The highest BCUT2D eigenvalue weighted by Crippen LogP contribution is 2.07. The number of ketones is 1. The van der Waals surface area contributed by atoms with Gasteiger partial charge in [0.25, 0.3) is 5.56 Å². The lowest BCUT2D eigenvalue weighted by Crippen LogP contribution is -2.16. The Hall–Kier alpha value is -1.38. The van der Waals surface area contributed by atoms with Gasteiger partial charge in [-0.15, -0.1) is 0 Å². The number of rotatable bonds is 3. The molecule has 0 aliphatic rings. The summed E-state index contributed by atoms with van der Waals surface area (Å²) in [7, 11) is 0. The van der Waals surface area contributed by atoms with E-state index in [-0.39, 0.29) is 11.3 Å². The minimum absolute atomic E-state index is 0.00361. The lowest BCUT2D eigenvalue weighted by molar-refractivity contribution is 0.101. The minimum Gasteiger partial charge on any atom is -0.326 e. The van der Waals surface area contributed by atoms with Crippen molar-refractivity contribution in [2.24, 2.45) is 0 Å². The zero-order chi connectivity index (χ0) is 10.7. The average molecular weight is 193 g/mol. The molecule has 0 saturated heterocycles. The van der Waals surface area contributed by atoms with Crippen molar-refractivity contribution >= 4 is 5.78 Å². The fourth-order valence-corrected chi connectivity index (χ4v) is 1.49. The summed E-state index contributed by atoms with van der Waals surface area (Å²) in [6.45, 7) is 5.26. The summed E-state index contributed by atoms with van der Waals surface area (Å²) in [5.41, 5.74) is 1.90. The molecule has 3 heteroatoms. The number of aromatic amines is 1. The summed E-state index contributed by atoms with van der Waals surface area (Å²) in [4.78, 5) is 25.3. The van der Waals surface area contributed by atoms with Crippen LogP contribution in [-0.2, 0) is 6.42 Å². The third-order valence-electron chi connectivity index (χ3n) is 2.21. The highest BCUT2D eigenvalue weighted by molar-refractivity contribution is 5.95. The zero-order valence-corrected chi connectivity index (χ0v) is 8.81. The molecule has 0 aliphatic carbocycles. The highest BCUT2D eigenvalue weighted by atomic mass is 16.1. The first-order valence-corrected chi connectivity index (χ1v) is 4.80. The summed E-state index contributed by atoms with van der Waals surface area (Å²) < 4.78 is 0. The Morgan fingerprint density at radius 3 is 2.64 bits per heavy atom. The summed E-state index contributed by atoms with van der Waals surface area (Å²) in [5, 5.41) is 0. The molecule has 0 unspecified atom stereocenters. The van der Waals surface area contributed by atoms with E-state index in [1.54, 1.807) is 13.0 Å². The van der Waals surface area contributed by atoms with Gasteiger partial charge in [-0.2, -0.15) is 0 Å². The van der Waals surface area contributed by atoms with E-state index in [4.69, 9.17) is 0 Å². The molecule has 1 rings (SSSR count). The van der Waals surface area contributed by atoms with Gasteiger partial charge in [0, 0.05) is 16.8 Å². The monoisotopic (exact) mass is 193 g/mol. The molecule has 0 aliphatic heterocycles.